The van der Waals surface area contributed by atoms with E-state index in [9.17, 15) is 22.4 Å². The first-order valence-electron chi connectivity index (χ1n) is 9.42. The van der Waals surface area contributed by atoms with Gasteiger partial charge in [-0.15, -0.1) is 0 Å². The predicted octanol–water partition coefficient (Wildman–Crippen LogP) is 4.15. The SMILES string of the molecule is NC(=O)C1CCN(Cc2cccc(NCc3ccc(C(F)(F)F)cc3F)c2)CC1. The van der Waals surface area contributed by atoms with E-state index in [1.807, 2.05) is 24.3 Å². The lowest BCUT2D eigenvalue weighted by Gasteiger charge is -2.30. The highest BCUT2D eigenvalue weighted by molar-refractivity contribution is 5.76. The lowest BCUT2D eigenvalue weighted by molar-refractivity contribution is -0.137. The lowest BCUT2D eigenvalue weighted by Crippen LogP contribution is -2.38. The van der Waals surface area contributed by atoms with Crippen LogP contribution >= 0.6 is 0 Å². The van der Waals surface area contributed by atoms with Crippen molar-refractivity contribution in [2.75, 3.05) is 18.4 Å². The van der Waals surface area contributed by atoms with Crippen molar-refractivity contribution in [2.45, 2.75) is 32.1 Å². The van der Waals surface area contributed by atoms with Gasteiger partial charge in [-0.05, 0) is 55.8 Å². The van der Waals surface area contributed by atoms with Gasteiger partial charge in [0, 0.05) is 30.3 Å². The molecule has 0 bridgehead atoms. The van der Waals surface area contributed by atoms with Crippen LogP contribution in [-0.2, 0) is 24.1 Å². The van der Waals surface area contributed by atoms with Gasteiger partial charge in [0.2, 0.25) is 5.91 Å². The molecule has 0 aromatic heterocycles. The number of piperidine rings is 1. The number of halogens is 4. The number of carbonyl (C=O) groups is 1. The second-order valence-corrected chi connectivity index (χ2v) is 7.31. The Balaban J connectivity index is 1.57. The summed E-state index contributed by atoms with van der Waals surface area (Å²) in [6.07, 6.45) is -3.06. The zero-order valence-corrected chi connectivity index (χ0v) is 15.8. The molecule has 2 aromatic rings. The molecule has 3 N–H and O–H groups in total. The number of hydrogen-bond donors (Lipinski definition) is 2. The Morgan fingerprint density at radius 3 is 2.48 bits per heavy atom. The molecule has 8 heteroatoms. The molecule has 0 unspecified atom stereocenters. The maximum absolute atomic E-state index is 14.0. The maximum atomic E-state index is 14.0. The van der Waals surface area contributed by atoms with E-state index in [0.29, 0.717) is 6.07 Å². The summed E-state index contributed by atoms with van der Waals surface area (Å²) in [6.45, 7) is 2.39. The summed E-state index contributed by atoms with van der Waals surface area (Å²) in [7, 11) is 0. The van der Waals surface area contributed by atoms with Gasteiger partial charge in [-0.1, -0.05) is 18.2 Å². The van der Waals surface area contributed by atoms with Crippen molar-refractivity contribution in [3.8, 4) is 0 Å². The fourth-order valence-electron chi connectivity index (χ4n) is 3.48. The van der Waals surface area contributed by atoms with Crippen molar-refractivity contribution < 1.29 is 22.4 Å². The van der Waals surface area contributed by atoms with Crippen LogP contribution in [0, 0.1) is 11.7 Å². The highest BCUT2D eigenvalue weighted by atomic mass is 19.4. The van der Waals surface area contributed by atoms with Crippen LogP contribution in [0.1, 0.15) is 29.5 Å². The van der Waals surface area contributed by atoms with E-state index in [2.05, 4.69) is 10.2 Å². The molecule has 0 radical (unpaired) electrons. The van der Waals surface area contributed by atoms with E-state index in [1.54, 1.807) is 0 Å². The van der Waals surface area contributed by atoms with Gasteiger partial charge in [0.25, 0.3) is 0 Å². The molecule has 0 atom stereocenters. The minimum Gasteiger partial charge on any atom is -0.381 e. The Morgan fingerprint density at radius 1 is 1.14 bits per heavy atom. The third-order valence-corrected chi connectivity index (χ3v) is 5.19. The quantitative estimate of drug-likeness (QED) is 0.705. The number of hydrogen-bond acceptors (Lipinski definition) is 3. The van der Waals surface area contributed by atoms with Crippen LogP contribution in [0.5, 0.6) is 0 Å². The molecular formula is C21H23F4N3O. The molecule has 29 heavy (non-hydrogen) atoms. The summed E-state index contributed by atoms with van der Waals surface area (Å²) in [5.41, 5.74) is 6.34. The molecule has 2 aromatic carbocycles. The van der Waals surface area contributed by atoms with Gasteiger partial charge in [0.15, 0.2) is 0 Å². The topological polar surface area (TPSA) is 58.4 Å². The van der Waals surface area contributed by atoms with Gasteiger partial charge in [0.1, 0.15) is 5.82 Å². The van der Waals surface area contributed by atoms with Crippen LogP contribution in [0.2, 0.25) is 0 Å². The second kappa shape index (κ2) is 8.82. The van der Waals surface area contributed by atoms with Gasteiger partial charge in [-0.2, -0.15) is 13.2 Å². The van der Waals surface area contributed by atoms with Crippen molar-refractivity contribution in [1.82, 2.24) is 4.90 Å². The number of primary amides is 1. The predicted molar refractivity (Wildman–Crippen MR) is 102 cm³/mol. The average Bonchev–Trinajstić information content (AvgIpc) is 2.67. The lowest BCUT2D eigenvalue weighted by atomic mass is 9.96. The second-order valence-electron chi connectivity index (χ2n) is 7.31. The Hall–Kier alpha value is -2.61. The monoisotopic (exact) mass is 409 g/mol. The number of rotatable bonds is 6. The van der Waals surface area contributed by atoms with Gasteiger partial charge < -0.3 is 11.1 Å². The van der Waals surface area contributed by atoms with Gasteiger partial charge in [0.05, 0.1) is 5.56 Å². The normalized spacial score (nSPS) is 16.0. The van der Waals surface area contributed by atoms with Crippen molar-refractivity contribution in [3.05, 3.63) is 65.0 Å². The third kappa shape index (κ3) is 5.69. The molecule has 4 nitrogen and oxygen atoms in total. The van der Waals surface area contributed by atoms with Crippen molar-refractivity contribution >= 4 is 11.6 Å². The molecule has 1 heterocycles. The van der Waals surface area contributed by atoms with Crippen molar-refractivity contribution in [1.29, 1.82) is 0 Å². The summed E-state index contributed by atoms with van der Waals surface area (Å²) >= 11 is 0. The van der Waals surface area contributed by atoms with E-state index < -0.39 is 17.6 Å². The van der Waals surface area contributed by atoms with E-state index in [4.69, 9.17) is 5.73 Å². The first-order chi connectivity index (χ1) is 13.7. The summed E-state index contributed by atoms with van der Waals surface area (Å²) in [5, 5.41) is 3.06. The number of likely N-dealkylation sites (tertiary alicyclic amines) is 1. The number of nitrogens with two attached hydrogens (primary N) is 1. The molecule has 0 spiro atoms. The van der Waals surface area contributed by atoms with Crippen molar-refractivity contribution in [3.63, 3.8) is 0 Å². The Kier molecular flexibility index (Phi) is 6.42. The summed E-state index contributed by atoms with van der Waals surface area (Å²) < 4.78 is 51.9. The number of benzene rings is 2. The molecule has 1 saturated heterocycles. The molecule has 156 valence electrons. The number of carbonyl (C=O) groups excluding carboxylic acids is 1. The smallest absolute Gasteiger partial charge is 0.381 e. The summed E-state index contributed by atoms with van der Waals surface area (Å²) in [6, 6.07) is 10.2. The van der Waals surface area contributed by atoms with Crippen LogP contribution in [0.15, 0.2) is 42.5 Å². The van der Waals surface area contributed by atoms with Crippen LogP contribution in [0.4, 0.5) is 23.2 Å². The molecule has 3 rings (SSSR count). The number of amides is 1. The van der Waals surface area contributed by atoms with Crippen molar-refractivity contribution in [2.24, 2.45) is 11.7 Å². The van der Waals surface area contributed by atoms with Crippen LogP contribution < -0.4 is 11.1 Å². The standard InChI is InChI=1S/C21H23F4N3O/c22-19-11-17(21(23,24)25)5-4-16(19)12-27-18-3-1-2-14(10-18)13-28-8-6-15(7-9-28)20(26)29/h1-5,10-11,15,27H,6-9,12-13H2,(H2,26,29). The summed E-state index contributed by atoms with van der Waals surface area (Å²) in [5.74, 6) is -1.19. The number of nitrogens with one attached hydrogen (secondary N) is 1. The first-order valence-corrected chi connectivity index (χ1v) is 9.42. The fraction of sp³-hybridized carbons (Fsp3) is 0.381. The average molecular weight is 409 g/mol. The van der Waals surface area contributed by atoms with Crippen LogP contribution in [-0.4, -0.2) is 23.9 Å². The van der Waals surface area contributed by atoms with E-state index in [1.165, 1.54) is 0 Å². The van der Waals surface area contributed by atoms with Gasteiger partial charge in [-0.3, -0.25) is 9.69 Å². The van der Waals surface area contributed by atoms with Crippen LogP contribution in [0.3, 0.4) is 0 Å². The van der Waals surface area contributed by atoms with E-state index in [0.717, 1.165) is 55.9 Å². The molecule has 1 aliphatic heterocycles. The fourth-order valence-corrected chi connectivity index (χ4v) is 3.48. The Labute approximate surface area is 166 Å². The molecule has 1 fully saturated rings. The zero-order valence-electron chi connectivity index (χ0n) is 15.8. The molecule has 1 amide bonds. The van der Waals surface area contributed by atoms with E-state index in [-0.39, 0.29) is 23.9 Å². The Morgan fingerprint density at radius 2 is 1.86 bits per heavy atom. The third-order valence-electron chi connectivity index (χ3n) is 5.19. The molecular weight excluding hydrogens is 386 g/mol. The molecule has 1 aliphatic rings. The summed E-state index contributed by atoms with van der Waals surface area (Å²) in [4.78, 5) is 13.5. The number of alkyl halides is 3. The van der Waals surface area contributed by atoms with E-state index >= 15 is 0 Å². The van der Waals surface area contributed by atoms with Gasteiger partial charge in [-0.25, -0.2) is 4.39 Å². The minimum atomic E-state index is -4.56. The maximum Gasteiger partial charge on any atom is 0.416 e. The zero-order chi connectivity index (χ0) is 21.0. The Bertz CT molecular complexity index is 861. The largest absolute Gasteiger partial charge is 0.416 e. The molecule has 0 saturated carbocycles. The first kappa shape index (κ1) is 21.1. The highest BCUT2D eigenvalue weighted by Crippen LogP contribution is 2.30. The highest BCUT2D eigenvalue weighted by Gasteiger charge is 2.31. The minimum absolute atomic E-state index is 0.0575. The van der Waals surface area contributed by atoms with Gasteiger partial charge >= 0.3 is 6.18 Å². The number of nitrogens with zero attached hydrogens (tertiary/aromatic N) is 1. The number of anilines is 1. The molecule has 0 aliphatic carbocycles. The van der Waals surface area contributed by atoms with Crippen LogP contribution in [0.25, 0.3) is 0 Å².